The van der Waals surface area contributed by atoms with E-state index in [-0.39, 0.29) is 17.8 Å². The Morgan fingerprint density at radius 2 is 1.17 bits per heavy atom. The van der Waals surface area contributed by atoms with E-state index < -0.39 is 23.9 Å². The fourth-order valence-corrected chi connectivity index (χ4v) is 6.15. The maximum absolute atomic E-state index is 14.0. The number of carbonyl (C=O) groups excluding carboxylic acids is 1. The van der Waals surface area contributed by atoms with Gasteiger partial charge >= 0.3 is 5.97 Å². The third-order valence-corrected chi connectivity index (χ3v) is 8.37. The molecule has 0 amide bonds. The number of hydrogen-bond acceptors (Lipinski definition) is 4. The highest BCUT2D eigenvalue weighted by Gasteiger charge is 2.43. The second-order valence-electron chi connectivity index (χ2n) is 11.7. The average Bonchev–Trinajstić information content (AvgIpc) is 2.99. The van der Waals surface area contributed by atoms with E-state index in [1.807, 2.05) is 135 Å². The molecule has 0 spiro atoms. The van der Waals surface area contributed by atoms with Crippen LogP contribution >= 0.6 is 0 Å². The first-order valence-corrected chi connectivity index (χ1v) is 14.8. The van der Waals surface area contributed by atoms with Crippen molar-refractivity contribution < 1.29 is 19.4 Å². The lowest BCUT2D eigenvalue weighted by Gasteiger charge is -2.42. The molecule has 0 aromatic heterocycles. The monoisotopic (exact) mass is 560 g/mol. The van der Waals surface area contributed by atoms with Crippen molar-refractivity contribution in [3.8, 4) is 0 Å². The summed E-state index contributed by atoms with van der Waals surface area (Å²) in [6, 6.07) is 39.4. The molecule has 3 atom stereocenters. The summed E-state index contributed by atoms with van der Waals surface area (Å²) in [5.74, 6) is -1.36. The van der Waals surface area contributed by atoms with Gasteiger partial charge in [0, 0.05) is 5.92 Å². The van der Waals surface area contributed by atoms with Crippen LogP contribution in [-0.4, -0.2) is 29.1 Å². The number of allylic oxidation sites excluding steroid dienone is 1. The smallest absolute Gasteiger partial charge is 0.318 e. The molecule has 4 heteroatoms. The van der Waals surface area contributed by atoms with Crippen LogP contribution in [0, 0.1) is 5.92 Å². The van der Waals surface area contributed by atoms with Crippen molar-refractivity contribution in [3.05, 3.63) is 155 Å². The van der Waals surface area contributed by atoms with Gasteiger partial charge in [0.05, 0.1) is 11.5 Å². The number of aliphatic hydroxyl groups excluding tert-OH is 1. The summed E-state index contributed by atoms with van der Waals surface area (Å²) in [6.45, 7) is 6.07. The lowest BCUT2D eigenvalue weighted by Crippen LogP contribution is -2.47. The van der Waals surface area contributed by atoms with Gasteiger partial charge in [-0.3, -0.25) is 4.79 Å². The summed E-state index contributed by atoms with van der Waals surface area (Å²) in [7, 11) is 0. The second-order valence-corrected chi connectivity index (χ2v) is 11.7. The standard InChI is InChI=1S/C38H40O4/c1-27-24-25-32(33(26-27)41-36(39)34(28-16-8-4-9-17-28)29-18-10-5-11-19-29)38(2,3)42-37(40)35(30-20-12-6-13-21-30)31-22-14-7-15-23-31/h4-23,26,32-35,37,40H,24-25H2,1-3H3/t32-,33?,37?/m1/s1. The van der Waals surface area contributed by atoms with Gasteiger partial charge in [-0.2, -0.15) is 0 Å². The summed E-state index contributed by atoms with van der Waals surface area (Å²) in [6.07, 6.45) is 2.12. The molecule has 0 aliphatic heterocycles. The first kappa shape index (κ1) is 29.5. The van der Waals surface area contributed by atoms with Gasteiger partial charge in [-0.05, 0) is 61.9 Å². The minimum atomic E-state index is -1.10. The van der Waals surface area contributed by atoms with E-state index in [1.54, 1.807) is 0 Å². The van der Waals surface area contributed by atoms with E-state index in [1.165, 1.54) is 5.57 Å². The van der Waals surface area contributed by atoms with E-state index >= 15 is 0 Å². The zero-order valence-electron chi connectivity index (χ0n) is 24.6. The zero-order valence-corrected chi connectivity index (χ0v) is 24.6. The number of carbonyl (C=O) groups is 1. The molecule has 0 saturated heterocycles. The second kappa shape index (κ2) is 13.3. The molecule has 4 aromatic carbocycles. The Morgan fingerprint density at radius 1 is 0.738 bits per heavy atom. The molecule has 1 aliphatic carbocycles. The molecule has 42 heavy (non-hydrogen) atoms. The van der Waals surface area contributed by atoms with E-state index in [0.29, 0.717) is 0 Å². The molecule has 2 unspecified atom stereocenters. The SMILES string of the molecule is CC1=CC(OC(=O)C(c2ccccc2)c2ccccc2)[C@H](C(C)(C)OC(O)C(c2ccccc2)c2ccccc2)CC1. The van der Waals surface area contributed by atoms with Gasteiger partial charge in [0.15, 0.2) is 6.29 Å². The normalized spacial score (nSPS) is 18.0. The molecule has 0 heterocycles. The van der Waals surface area contributed by atoms with E-state index in [2.05, 4.69) is 13.0 Å². The van der Waals surface area contributed by atoms with Crippen molar-refractivity contribution in [3.63, 3.8) is 0 Å². The Morgan fingerprint density at radius 3 is 1.62 bits per heavy atom. The Labute approximate surface area is 249 Å². The minimum Gasteiger partial charge on any atom is -0.457 e. The van der Waals surface area contributed by atoms with Crippen molar-refractivity contribution in [2.45, 2.75) is 63.4 Å². The number of aliphatic hydroxyl groups is 1. The number of benzene rings is 4. The minimum absolute atomic E-state index is 0.154. The molecule has 216 valence electrons. The van der Waals surface area contributed by atoms with Gasteiger partial charge in [-0.15, -0.1) is 0 Å². The highest BCUT2D eigenvalue weighted by molar-refractivity contribution is 5.82. The highest BCUT2D eigenvalue weighted by Crippen LogP contribution is 2.40. The predicted octanol–water partition coefficient (Wildman–Crippen LogP) is 8.03. The summed E-state index contributed by atoms with van der Waals surface area (Å²) < 4.78 is 12.9. The van der Waals surface area contributed by atoms with Crippen molar-refractivity contribution in [2.75, 3.05) is 0 Å². The molecule has 1 aliphatic rings. The fourth-order valence-electron chi connectivity index (χ4n) is 6.15. The maximum Gasteiger partial charge on any atom is 0.318 e. The molecule has 0 radical (unpaired) electrons. The lowest BCUT2D eigenvalue weighted by molar-refractivity contribution is -0.211. The summed E-state index contributed by atoms with van der Waals surface area (Å²) in [5.41, 5.74) is 4.12. The first-order chi connectivity index (χ1) is 20.3. The number of esters is 1. The average molecular weight is 561 g/mol. The van der Waals surface area contributed by atoms with Crippen LogP contribution in [0.15, 0.2) is 133 Å². The van der Waals surface area contributed by atoms with Crippen LogP contribution in [0.3, 0.4) is 0 Å². The van der Waals surface area contributed by atoms with Crippen molar-refractivity contribution >= 4 is 5.97 Å². The summed E-state index contributed by atoms with van der Waals surface area (Å²) in [4.78, 5) is 14.0. The third kappa shape index (κ3) is 6.89. The van der Waals surface area contributed by atoms with Crippen molar-refractivity contribution in [1.29, 1.82) is 0 Å². The van der Waals surface area contributed by atoms with E-state index in [4.69, 9.17) is 9.47 Å². The van der Waals surface area contributed by atoms with Crippen molar-refractivity contribution in [1.82, 2.24) is 0 Å². The lowest BCUT2D eigenvalue weighted by atomic mass is 9.77. The van der Waals surface area contributed by atoms with Crippen LogP contribution in [0.5, 0.6) is 0 Å². The van der Waals surface area contributed by atoms with Gasteiger partial charge < -0.3 is 14.6 Å². The summed E-state index contributed by atoms with van der Waals surface area (Å²) >= 11 is 0. The number of hydrogen-bond donors (Lipinski definition) is 1. The molecular weight excluding hydrogens is 520 g/mol. The quantitative estimate of drug-likeness (QED) is 0.121. The summed E-state index contributed by atoms with van der Waals surface area (Å²) in [5, 5.41) is 11.6. The molecule has 4 nitrogen and oxygen atoms in total. The first-order valence-electron chi connectivity index (χ1n) is 14.8. The van der Waals surface area contributed by atoms with Crippen molar-refractivity contribution in [2.24, 2.45) is 5.92 Å². The maximum atomic E-state index is 14.0. The Bertz CT molecular complexity index is 1370. The van der Waals surface area contributed by atoms with Crippen LogP contribution < -0.4 is 0 Å². The van der Waals surface area contributed by atoms with Crippen LogP contribution in [0.4, 0.5) is 0 Å². The van der Waals surface area contributed by atoms with E-state index in [9.17, 15) is 9.90 Å². The predicted molar refractivity (Wildman–Crippen MR) is 167 cm³/mol. The van der Waals surface area contributed by atoms with Gasteiger partial charge in [-0.1, -0.05) is 127 Å². The van der Waals surface area contributed by atoms with Gasteiger partial charge in [0.1, 0.15) is 12.0 Å². The molecule has 0 saturated carbocycles. The molecule has 1 N–H and O–H groups in total. The van der Waals surface area contributed by atoms with Crippen LogP contribution in [0.2, 0.25) is 0 Å². The molecule has 0 fully saturated rings. The largest absolute Gasteiger partial charge is 0.457 e. The molecule has 0 bridgehead atoms. The van der Waals surface area contributed by atoms with Crippen LogP contribution in [0.1, 0.15) is 67.7 Å². The third-order valence-electron chi connectivity index (χ3n) is 8.37. The van der Waals surface area contributed by atoms with Gasteiger partial charge in [0.25, 0.3) is 0 Å². The topological polar surface area (TPSA) is 55.8 Å². The van der Waals surface area contributed by atoms with Crippen LogP contribution in [0.25, 0.3) is 0 Å². The number of rotatable bonds is 10. The van der Waals surface area contributed by atoms with Crippen LogP contribution in [-0.2, 0) is 14.3 Å². The fraction of sp³-hybridized carbons (Fsp3) is 0.289. The van der Waals surface area contributed by atoms with Gasteiger partial charge in [-0.25, -0.2) is 0 Å². The highest BCUT2D eigenvalue weighted by atomic mass is 16.6. The molecular formula is C38H40O4. The Hall–Kier alpha value is -3.99. The van der Waals surface area contributed by atoms with Gasteiger partial charge in [0.2, 0.25) is 0 Å². The Kier molecular flexibility index (Phi) is 9.36. The molecule has 5 rings (SSSR count). The Balaban J connectivity index is 1.41. The molecule has 4 aromatic rings. The zero-order chi connectivity index (χ0) is 29.5. The van der Waals surface area contributed by atoms with E-state index in [0.717, 1.165) is 35.1 Å². The number of ether oxygens (including phenoxy) is 2.